The highest BCUT2D eigenvalue weighted by molar-refractivity contribution is 5.78. The van der Waals surface area contributed by atoms with Crippen LogP contribution < -0.4 is 10.1 Å². The predicted octanol–water partition coefficient (Wildman–Crippen LogP) is 4.27. The van der Waals surface area contributed by atoms with Gasteiger partial charge in [-0.05, 0) is 68.8 Å². The maximum atomic E-state index is 12.7. The number of benzene rings is 1. The lowest BCUT2D eigenvalue weighted by atomic mass is 9.69. The maximum Gasteiger partial charge on any atom is 0.223 e. The van der Waals surface area contributed by atoms with Crippen molar-refractivity contribution < 1.29 is 9.53 Å². The van der Waals surface area contributed by atoms with Gasteiger partial charge < -0.3 is 15.0 Å². The number of rotatable bonds is 6. The van der Waals surface area contributed by atoms with Crippen LogP contribution in [-0.4, -0.2) is 38.6 Å². The van der Waals surface area contributed by atoms with E-state index in [-0.39, 0.29) is 17.9 Å². The Labute approximate surface area is 159 Å². The number of hydrogen-bond donors (Lipinski definition) is 1. The summed E-state index contributed by atoms with van der Waals surface area (Å²) in [5.74, 6) is 1.97. The number of nitrogens with zero attached hydrogens (tertiary/aromatic N) is 1. The minimum atomic E-state index is 0.139. The summed E-state index contributed by atoms with van der Waals surface area (Å²) < 4.78 is 5.34. The molecule has 1 aliphatic carbocycles. The van der Waals surface area contributed by atoms with Gasteiger partial charge in [0.15, 0.2) is 0 Å². The molecule has 0 radical (unpaired) electrons. The third-order valence-electron chi connectivity index (χ3n) is 5.89. The maximum absolute atomic E-state index is 12.7. The van der Waals surface area contributed by atoms with Gasteiger partial charge in [0.1, 0.15) is 5.75 Å². The summed E-state index contributed by atoms with van der Waals surface area (Å²) in [5.41, 5.74) is 1.51. The van der Waals surface area contributed by atoms with Crippen LogP contribution in [0.2, 0.25) is 0 Å². The first-order valence-corrected chi connectivity index (χ1v) is 9.80. The van der Waals surface area contributed by atoms with Gasteiger partial charge in [-0.15, -0.1) is 0 Å². The van der Waals surface area contributed by atoms with E-state index >= 15 is 0 Å². The van der Waals surface area contributed by atoms with E-state index in [1.165, 1.54) is 0 Å². The Morgan fingerprint density at radius 3 is 2.42 bits per heavy atom. The van der Waals surface area contributed by atoms with Crippen LogP contribution in [0.4, 0.5) is 0 Å². The molecule has 1 amide bonds. The lowest BCUT2D eigenvalue weighted by molar-refractivity contribution is -0.126. The van der Waals surface area contributed by atoms with Crippen LogP contribution in [0.1, 0.15) is 58.1 Å². The molecule has 1 fully saturated rings. The Kier molecular flexibility index (Phi) is 7.10. The summed E-state index contributed by atoms with van der Waals surface area (Å²) in [6.07, 6.45) is 4.35. The minimum absolute atomic E-state index is 0.139. The van der Waals surface area contributed by atoms with Gasteiger partial charge in [-0.2, -0.15) is 0 Å². The second-order valence-corrected chi connectivity index (χ2v) is 8.92. The van der Waals surface area contributed by atoms with Crippen LogP contribution in [0.3, 0.4) is 0 Å². The summed E-state index contributed by atoms with van der Waals surface area (Å²) in [5, 5.41) is 3.20. The second-order valence-electron chi connectivity index (χ2n) is 8.92. The molecule has 4 heteroatoms. The Morgan fingerprint density at radius 1 is 1.23 bits per heavy atom. The van der Waals surface area contributed by atoms with Crippen molar-refractivity contribution in [2.45, 2.75) is 52.5 Å². The van der Waals surface area contributed by atoms with E-state index in [0.717, 1.165) is 42.9 Å². The van der Waals surface area contributed by atoms with Crippen LogP contribution in [0.25, 0.3) is 0 Å². The van der Waals surface area contributed by atoms with Gasteiger partial charge in [-0.1, -0.05) is 32.9 Å². The average molecular weight is 361 g/mol. The molecule has 1 aromatic carbocycles. The molecule has 0 saturated heterocycles. The number of methoxy groups -OCH3 is 1. The van der Waals surface area contributed by atoms with Crippen LogP contribution in [-0.2, 0) is 4.79 Å². The number of nitrogens with one attached hydrogen (secondary N) is 1. The van der Waals surface area contributed by atoms with Gasteiger partial charge in [0.25, 0.3) is 0 Å². The molecule has 1 aromatic rings. The van der Waals surface area contributed by atoms with Crippen molar-refractivity contribution in [1.29, 1.82) is 0 Å². The van der Waals surface area contributed by atoms with Crippen molar-refractivity contribution in [3.8, 4) is 5.75 Å². The molecule has 1 atom stereocenters. The SMILES string of the molecule is COc1cccc(C(CNC(=O)C2CCC(C(C)(C)C)CC2)N(C)C)c1. The summed E-state index contributed by atoms with van der Waals surface area (Å²) in [7, 11) is 5.77. The van der Waals surface area contributed by atoms with Crippen molar-refractivity contribution in [2.75, 3.05) is 27.7 Å². The van der Waals surface area contributed by atoms with Crippen molar-refractivity contribution in [3.63, 3.8) is 0 Å². The largest absolute Gasteiger partial charge is 0.497 e. The van der Waals surface area contributed by atoms with Crippen LogP contribution in [0.5, 0.6) is 5.75 Å². The second kappa shape index (κ2) is 8.90. The molecule has 1 unspecified atom stereocenters. The molecule has 4 nitrogen and oxygen atoms in total. The van der Waals surface area contributed by atoms with Gasteiger partial charge in [-0.25, -0.2) is 0 Å². The number of amides is 1. The molecular formula is C22H36N2O2. The number of hydrogen-bond acceptors (Lipinski definition) is 3. The summed E-state index contributed by atoms with van der Waals surface area (Å²) in [6.45, 7) is 7.56. The number of ether oxygens (including phenoxy) is 1. The first-order valence-electron chi connectivity index (χ1n) is 9.80. The molecule has 26 heavy (non-hydrogen) atoms. The summed E-state index contributed by atoms with van der Waals surface area (Å²) in [4.78, 5) is 14.8. The molecule has 1 N–H and O–H groups in total. The van der Waals surface area contributed by atoms with Crippen molar-refractivity contribution in [1.82, 2.24) is 10.2 Å². The molecular weight excluding hydrogens is 324 g/mol. The standard InChI is InChI=1S/C22H36N2O2/c1-22(2,3)18-12-10-16(11-13-18)21(25)23-15-20(24(4)5)17-8-7-9-19(14-17)26-6/h7-9,14,16,18,20H,10-13,15H2,1-6H3,(H,23,25). The topological polar surface area (TPSA) is 41.6 Å². The van der Waals surface area contributed by atoms with Crippen LogP contribution in [0.15, 0.2) is 24.3 Å². The highest BCUT2D eigenvalue weighted by atomic mass is 16.5. The third-order valence-corrected chi connectivity index (χ3v) is 5.89. The van der Waals surface area contributed by atoms with E-state index < -0.39 is 0 Å². The summed E-state index contributed by atoms with van der Waals surface area (Å²) >= 11 is 0. The Bertz CT molecular complexity index is 584. The first kappa shape index (κ1) is 20.8. The third kappa shape index (κ3) is 5.47. The first-order chi connectivity index (χ1) is 12.2. The predicted molar refractivity (Wildman–Crippen MR) is 107 cm³/mol. The fourth-order valence-electron chi connectivity index (χ4n) is 4.01. The summed E-state index contributed by atoms with van der Waals surface area (Å²) in [6, 6.07) is 8.22. The fourth-order valence-corrected chi connectivity index (χ4v) is 4.01. The minimum Gasteiger partial charge on any atom is -0.497 e. The fraction of sp³-hybridized carbons (Fsp3) is 0.682. The Morgan fingerprint density at radius 2 is 1.88 bits per heavy atom. The van der Waals surface area contributed by atoms with Crippen LogP contribution in [0, 0.1) is 17.3 Å². The van der Waals surface area contributed by atoms with Gasteiger partial charge in [0.2, 0.25) is 5.91 Å². The van der Waals surface area contributed by atoms with Gasteiger partial charge in [0, 0.05) is 12.5 Å². The van der Waals surface area contributed by atoms with Crippen molar-refractivity contribution in [3.05, 3.63) is 29.8 Å². The van der Waals surface area contributed by atoms with E-state index in [4.69, 9.17) is 4.74 Å². The Hall–Kier alpha value is -1.55. The number of carbonyl (C=O) groups is 1. The molecule has 2 rings (SSSR count). The van der Waals surface area contributed by atoms with Crippen molar-refractivity contribution in [2.24, 2.45) is 17.3 Å². The highest BCUT2D eigenvalue weighted by Crippen LogP contribution is 2.39. The monoisotopic (exact) mass is 360 g/mol. The molecule has 1 saturated carbocycles. The molecule has 0 heterocycles. The van der Waals surface area contributed by atoms with E-state index in [9.17, 15) is 4.79 Å². The molecule has 0 bridgehead atoms. The van der Waals surface area contributed by atoms with Gasteiger partial charge >= 0.3 is 0 Å². The van der Waals surface area contributed by atoms with Gasteiger partial charge in [-0.3, -0.25) is 4.79 Å². The molecule has 1 aliphatic rings. The zero-order valence-electron chi connectivity index (χ0n) is 17.3. The van der Waals surface area contributed by atoms with Crippen LogP contribution >= 0.6 is 0 Å². The van der Waals surface area contributed by atoms with E-state index in [1.807, 2.05) is 32.3 Å². The van der Waals surface area contributed by atoms with E-state index in [0.29, 0.717) is 12.0 Å². The lowest BCUT2D eigenvalue weighted by Crippen LogP contribution is -2.39. The smallest absolute Gasteiger partial charge is 0.223 e. The quantitative estimate of drug-likeness (QED) is 0.824. The molecule has 0 aliphatic heterocycles. The average Bonchev–Trinajstić information content (AvgIpc) is 2.61. The molecule has 0 aromatic heterocycles. The van der Waals surface area contributed by atoms with Gasteiger partial charge in [0.05, 0.1) is 13.2 Å². The number of carbonyl (C=O) groups excluding carboxylic acids is 1. The highest BCUT2D eigenvalue weighted by Gasteiger charge is 2.32. The Balaban J connectivity index is 1.92. The van der Waals surface area contributed by atoms with E-state index in [2.05, 4.69) is 37.1 Å². The molecule has 0 spiro atoms. The molecule has 146 valence electrons. The van der Waals surface area contributed by atoms with Crippen molar-refractivity contribution >= 4 is 5.91 Å². The zero-order chi connectivity index (χ0) is 19.3. The number of likely N-dealkylation sites (N-methyl/N-ethyl adjacent to an activating group) is 1. The van der Waals surface area contributed by atoms with E-state index in [1.54, 1.807) is 7.11 Å². The zero-order valence-corrected chi connectivity index (χ0v) is 17.3. The normalized spacial score (nSPS) is 22.1. The lowest BCUT2D eigenvalue weighted by Gasteiger charge is -2.36.